The maximum absolute atomic E-state index is 12.8. The molecule has 1 aromatic carbocycles. The van der Waals surface area contributed by atoms with Crippen molar-refractivity contribution in [2.24, 2.45) is 11.8 Å². The van der Waals surface area contributed by atoms with Gasteiger partial charge in [-0.2, -0.15) is 0 Å². The Morgan fingerprint density at radius 2 is 1.29 bits per heavy atom. The Morgan fingerprint density at radius 3 is 1.76 bits per heavy atom. The molecule has 1 aromatic rings. The van der Waals surface area contributed by atoms with E-state index in [1.54, 1.807) is 0 Å². The average Bonchev–Trinajstić information content (AvgIpc) is 2.87. The minimum atomic E-state index is -3.44. The second-order valence-corrected chi connectivity index (χ2v) is 8.24. The molecule has 0 spiro atoms. The SMILES string of the molecule is Cc1c(C)c(C)c(S(=O)(=O)NC2C3CNCC32)c(C)c1C. The molecule has 1 saturated carbocycles. The maximum atomic E-state index is 12.8. The van der Waals surface area contributed by atoms with Gasteiger partial charge in [-0.3, -0.25) is 0 Å². The Bertz CT molecular complexity index is 670. The summed E-state index contributed by atoms with van der Waals surface area (Å²) < 4.78 is 28.6. The molecule has 1 heterocycles. The highest BCUT2D eigenvalue weighted by Gasteiger charge is 2.54. The summed E-state index contributed by atoms with van der Waals surface area (Å²) in [5, 5.41) is 3.29. The third-order valence-electron chi connectivity index (χ3n) is 5.58. The molecule has 2 N–H and O–H groups in total. The zero-order valence-electron chi connectivity index (χ0n) is 13.4. The molecule has 21 heavy (non-hydrogen) atoms. The molecule has 0 aromatic heterocycles. The van der Waals surface area contributed by atoms with E-state index in [4.69, 9.17) is 0 Å². The predicted octanol–water partition coefficient (Wildman–Crippen LogP) is 1.72. The second kappa shape index (κ2) is 4.80. The standard InChI is InChI=1S/C16H24N2O2S/c1-8-9(2)11(4)16(12(5)10(8)3)21(19,20)18-15-13-6-17-7-14(13)15/h13-15,17-18H,6-7H2,1-5H3. The van der Waals surface area contributed by atoms with Gasteiger partial charge in [0.05, 0.1) is 4.90 Å². The van der Waals surface area contributed by atoms with E-state index in [1.807, 2.05) is 27.7 Å². The summed E-state index contributed by atoms with van der Waals surface area (Å²) in [5.74, 6) is 0.959. The van der Waals surface area contributed by atoms with E-state index < -0.39 is 10.0 Å². The van der Waals surface area contributed by atoms with Crippen molar-refractivity contribution in [1.82, 2.24) is 10.0 Å². The zero-order chi connectivity index (χ0) is 15.5. The van der Waals surface area contributed by atoms with Gasteiger partial charge in [-0.15, -0.1) is 0 Å². The molecular formula is C16H24N2O2S. The summed E-state index contributed by atoms with van der Waals surface area (Å²) in [7, 11) is -3.44. The van der Waals surface area contributed by atoms with Gasteiger partial charge in [-0.1, -0.05) is 0 Å². The lowest BCUT2D eigenvalue weighted by molar-refractivity contribution is 0.564. The number of hydrogen-bond acceptors (Lipinski definition) is 3. The molecule has 1 aliphatic carbocycles. The van der Waals surface area contributed by atoms with Gasteiger partial charge in [0.15, 0.2) is 0 Å². The molecule has 5 heteroatoms. The van der Waals surface area contributed by atoms with E-state index in [2.05, 4.69) is 17.0 Å². The van der Waals surface area contributed by atoms with Crippen LogP contribution in [0.2, 0.25) is 0 Å². The largest absolute Gasteiger partial charge is 0.316 e. The predicted molar refractivity (Wildman–Crippen MR) is 84.1 cm³/mol. The Hall–Kier alpha value is -0.910. The van der Waals surface area contributed by atoms with Crippen molar-refractivity contribution in [2.75, 3.05) is 13.1 Å². The number of rotatable bonds is 3. The molecule has 4 nitrogen and oxygen atoms in total. The van der Waals surface area contributed by atoms with Crippen molar-refractivity contribution >= 4 is 10.0 Å². The second-order valence-electron chi connectivity index (χ2n) is 6.59. The quantitative estimate of drug-likeness (QED) is 0.894. The first kappa shape index (κ1) is 15.0. The van der Waals surface area contributed by atoms with Gasteiger partial charge in [0.25, 0.3) is 0 Å². The number of nitrogens with one attached hydrogen (secondary N) is 2. The first-order chi connectivity index (χ1) is 9.75. The minimum Gasteiger partial charge on any atom is -0.316 e. The summed E-state index contributed by atoms with van der Waals surface area (Å²) in [6, 6.07) is 0.122. The Kier molecular flexibility index (Phi) is 3.43. The third-order valence-corrected chi connectivity index (χ3v) is 7.32. The molecule has 0 bridgehead atoms. The van der Waals surface area contributed by atoms with Crippen molar-refractivity contribution in [1.29, 1.82) is 0 Å². The topological polar surface area (TPSA) is 58.2 Å². The van der Waals surface area contributed by atoms with E-state index in [1.165, 1.54) is 5.56 Å². The smallest absolute Gasteiger partial charge is 0.241 e. The van der Waals surface area contributed by atoms with Crippen LogP contribution in [0.15, 0.2) is 4.90 Å². The Morgan fingerprint density at radius 1 is 0.857 bits per heavy atom. The van der Waals surface area contributed by atoms with Crippen LogP contribution < -0.4 is 10.0 Å². The van der Waals surface area contributed by atoms with Gasteiger partial charge in [-0.25, -0.2) is 13.1 Å². The van der Waals surface area contributed by atoms with Crippen LogP contribution in [-0.2, 0) is 10.0 Å². The van der Waals surface area contributed by atoms with Crippen LogP contribution in [0.25, 0.3) is 0 Å². The molecule has 1 saturated heterocycles. The van der Waals surface area contributed by atoms with Crippen molar-refractivity contribution < 1.29 is 8.42 Å². The van der Waals surface area contributed by atoms with Gasteiger partial charge >= 0.3 is 0 Å². The van der Waals surface area contributed by atoms with Crippen molar-refractivity contribution in [3.05, 3.63) is 27.8 Å². The fourth-order valence-corrected chi connectivity index (χ4v) is 5.64. The number of piperidine rings is 1. The Labute approximate surface area is 127 Å². The summed E-state index contributed by atoms with van der Waals surface area (Å²) in [6.45, 7) is 11.8. The highest BCUT2D eigenvalue weighted by molar-refractivity contribution is 7.89. The van der Waals surface area contributed by atoms with Crippen LogP contribution in [0.1, 0.15) is 27.8 Å². The normalized spacial score (nSPS) is 27.8. The first-order valence-corrected chi connectivity index (χ1v) is 9.04. The molecule has 0 radical (unpaired) electrons. The Balaban J connectivity index is 1.99. The highest BCUT2D eigenvalue weighted by Crippen LogP contribution is 2.43. The van der Waals surface area contributed by atoms with Crippen LogP contribution in [-0.4, -0.2) is 27.5 Å². The molecule has 0 amide bonds. The van der Waals surface area contributed by atoms with Gasteiger partial charge in [0.2, 0.25) is 10.0 Å². The molecule has 2 atom stereocenters. The van der Waals surface area contributed by atoms with E-state index in [9.17, 15) is 8.42 Å². The van der Waals surface area contributed by atoms with Crippen LogP contribution in [0.3, 0.4) is 0 Å². The fourth-order valence-electron chi connectivity index (χ4n) is 3.70. The van der Waals surface area contributed by atoms with E-state index >= 15 is 0 Å². The zero-order valence-corrected chi connectivity index (χ0v) is 14.2. The summed E-state index contributed by atoms with van der Waals surface area (Å²) in [4.78, 5) is 0.487. The highest BCUT2D eigenvalue weighted by atomic mass is 32.2. The van der Waals surface area contributed by atoms with Crippen molar-refractivity contribution in [3.63, 3.8) is 0 Å². The molecule has 1 aliphatic heterocycles. The first-order valence-electron chi connectivity index (χ1n) is 7.55. The summed E-state index contributed by atoms with van der Waals surface area (Å²) in [6.07, 6.45) is 0. The monoisotopic (exact) mass is 308 g/mol. The van der Waals surface area contributed by atoms with Crippen LogP contribution >= 0.6 is 0 Å². The number of fused-ring (bicyclic) bond motifs is 1. The van der Waals surface area contributed by atoms with Gasteiger partial charge in [-0.05, 0) is 87.4 Å². The molecule has 116 valence electrons. The van der Waals surface area contributed by atoms with E-state index in [-0.39, 0.29) is 6.04 Å². The number of sulfonamides is 1. The molecule has 3 rings (SSSR count). The van der Waals surface area contributed by atoms with Crippen LogP contribution in [0.4, 0.5) is 0 Å². The van der Waals surface area contributed by atoms with Gasteiger partial charge < -0.3 is 5.32 Å². The summed E-state index contributed by atoms with van der Waals surface area (Å²) in [5.41, 5.74) is 5.11. The lowest BCUT2D eigenvalue weighted by Crippen LogP contribution is -2.33. The number of hydrogen-bond donors (Lipinski definition) is 2. The third kappa shape index (κ3) is 2.22. The van der Waals surface area contributed by atoms with Crippen molar-refractivity contribution in [3.8, 4) is 0 Å². The molecule has 2 unspecified atom stereocenters. The van der Waals surface area contributed by atoms with Gasteiger partial charge in [0, 0.05) is 6.04 Å². The van der Waals surface area contributed by atoms with E-state index in [0.29, 0.717) is 16.7 Å². The molecular weight excluding hydrogens is 284 g/mol. The van der Waals surface area contributed by atoms with Gasteiger partial charge in [0.1, 0.15) is 0 Å². The lowest BCUT2D eigenvalue weighted by atomic mass is 9.95. The average molecular weight is 308 g/mol. The number of benzene rings is 1. The lowest BCUT2D eigenvalue weighted by Gasteiger charge is -2.19. The maximum Gasteiger partial charge on any atom is 0.241 e. The van der Waals surface area contributed by atoms with E-state index in [0.717, 1.165) is 35.3 Å². The minimum absolute atomic E-state index is 0.122. The molecule has 2 fully saturated rings. The van der Waals surface area contributed by atoms with Crippen LogP contribution in [0.5, 0.6) is 0 Å². The fraction of sp³-hybridized carbons (Fsp3) is 0.625. The molecule has 2 aliphatic rings. The van der Waals surface area contributed by atoms with Crippen LogP contribution in [0, 0.1) is 46.5 Å². The van der Waals surface area contributed by atoms with Crippen molar-refractivity contribution in [2.45, 2.75) is 45.6 Å². The summed E-state index contributed by atoms with van der Waals surface area (Å²) >= 11 is 0.